The van der Waals surface area contributed by atoms with Crippen molar-refractivity contribution in [2.24, 2.45) is 0 Å². The van der Waals surface area contributed by atoms with Crippen molar-refractivity contribution in [3.63, 3.8) is 0 Å². The van der Waals surface area contributed by atoms with Crippen LogP contribution in [0.4, 0.5) is 0 Å². The summed E-state index contributed by atoms with van der Waals surface area (Å²) in [6, 6.07) is 14.8. The number of nitrogens with zero attached hydrogens (tertiary/aromatic N) is 1. The van der Waals surface area contributed by atoms with Gasteiger partial charge in [-0.25, -0.2) is 0 Å². The lowest BCUT2D eigenvalue weighted by atomic mass is 10.2. The molecule has 0 aliphatic carbocycles. The molecule has 0 radical (unpaired) electrons. The van der Waals surface area contributed by atoms with Gasteiger partial charge in [-0.2, -0.15) is 5.26 Å². The van der Waals surface area contributed by atoms with Gasteiger partial charge in [0, 0.05) is 9.79 Å². The molecule has 0 unspecified atom stereocenters. The molecule has 0 atom stereocenters. The van der Waals surface area contributed by atoms with Gasteiger partial charge in [0.05, 0.1) is 11.6 Å². The number of aromatic hydroxyl groups is 1. The van der Waals surface area contributed by atoms with Crippen molar-refractivity contribution in [3.05, 3.63) is 53.6 Å². The Morgan fingerprint density at radius 1 is 1.12 bits per heavy atom. The van der Waals surface area contributed by atoms with Crippen molar-refractivity contribution in [1.29, 1.82) is 5.26 Å². The van der Waals surface area contributed by atoms with Crippen LogP contribution in [0.25, 0.3) is 0 Å². The summed E-state index contributed by atoms with van der Waals surface area (Å²) in [5.74, 6) is 0.269. The van der Waals surface area contributed by atoms with Gasteiger partial charge in [-0.05, 0) is 55.0 Å². The highest BCUT2D eigenvalue weighted by Crippen LogP contribution is 2.31. The molecule has 2 rings (SSSR count). The van der Waals surface area contributed by atoms with Crippen LogP contribution in [-0.2, 0) is 0 Å². The highest BCUT2D eigenvalue weighted by Gasteiger charge is 2.02. The number of nitriles is 1. The summed E-state index contributed by atoms with van der Waals surface area (Å²) in [5.41, 5.74) is 1.76. The number of phenolic OH excluding ortho intramolecular Hbond substituents is 1. The number of hydrogen-bond donors (Lipinski definition) is 1. The maximum Gasteiger partial charge on any atom is 0.115 e. The predicted octanol–water partition coefficient (Wildman–Crippen LogP) is 3.72. The smallest absolute Gasteiger partial charge is 0.115 e. The molecule has 0 fully saturated rings. The first-order valence-corrected chi connectivity index (χ1v) is 5.98. The molecule has 1 N–H and O–H groups in total. The second-order valence-corrected chi connectivity index (χ2v) is 4.80. The van der Waals surface area contributed by atoms with E-state index in [1.165, 1.54) is 0 Å². The van der Waals surface area contributed by atoms with E-state index in [2.05, 4.69) is 6.07 Å². The molecule has 0 amide bonds. The molecule has 84 valence electrons. The molecule has 0 heterocycles. The molecule has 0 saturated carbocycles. The number of aryl methyl sites for hydroxylation is 1. The molecule has 0 aliphatic rings. The maximum atomic E-state index is 9.20. The fourth-order valence-corrected chi connectivity index (χ4v) is 2.36. The van der Waals surface area contributed by atoms with Gasteiger partial charge in [0.2, 0.25) is 0 Å². The van der Waals surface area contributed by atoms with Crippen LogP contribution >= 0.6 is 11.8 Å². The van der Waals surface area contributed by atoms with Gasteiger partial charge in [-0.3, -0.25) is 0 Å². The van der Waals surface area contributed by atoms with Crippen molar-refractivity contribution in [2.45, 2.75) is 16.7 Å². The predicted molar refractivity (Wildman–Crippen MR) is 68.1 cm³/mol. The first kappa shape index (κ1) is 11.6. The molecule has 0 aliphatic heterocycles. The zero-order valence-corrected chi connectivity index (χ0v) is 10.2. The monoisotopic (exact) mass is 241 g/mol. The number of rotatable bonds is 2. The zero-order valence-electron chi connectivity index (χ0n) is 9.34. The normalized spacial score (nSPS) is 9.88. The molecule has 0 saturated heterocycles. The third-order valence-electron chi connectivity index (χ3n) is 2.37. The highest BCUT2D eigenvalue weighted by molar-refractivity contribution is 7.99. The first-order valence-electron chi connectivity index (χ1n) is 5.16. The fourth-order valence-electron chi connectivity index (χ4n) is 1.47. The highest BCUT2D eigenvalue weighted by atomic mass is 32.2. The lowest BCUT2D eigenvalue weighted by Crippen LogP contribution is -1.82. The molecule has 0 bridgehead atoms. The lowest BCUT2D eigenvalue weighted by molar-refractivity contribution is 0.475. The third-order valence-corrected chi connectivity index (χ3v) is 3.55. The van der Waals surface area contributed by atoms with E-state index in [-0.39, 0.29) is 5.75 Å². The van der Waals surface area contributed by atoms with E-state index in [1.54, 1.807) is 23.9 Å². The second kappa shape index (κ2) is 4.94. The Labute approximate surface area is 105 Å². The Balaban J connectivity index is 2.25. The van der Waals surface area contributed by atoms with E-state index in [4.69, 9.17) is 5.26 Å². The topological polar surface area (TPSA) is 44.0 Å². The molecule has 0 aromatic heterocycles. The maximum absolute atomic E-state index is 9.20. The second-order valence-electron chi connectivity index (χ2n) is 3.69. The Kier molecular flexibility index (Phi) is 3.36. The average molecular weight is 241 g/mol. The molecular weight excluding hydrogens is 230 g/mol. The van der Waals surface area contributed by atoms with Gasteiger partial charge in [0.25, 0.3) is 0 Å². The standard InChI is InChI=1S/C14H11NOS/c1-10-8-11(9-15)2-7-14(10)17-13-5-3-12(16)4-6-13/h2-8,16H,1H3. The summed E-state index contributed by atoms with van der Waals surface area (Å²) in [6.07, 6.45) is 0. The Morgan fingerprint density at radius 2 is 1.82 bits per heavy atom. The van der Waals surface area contributed by atoms with Crippen LogP contribution in [-0.4, -0.2) is 5.11 Å². The molecule has 2 nitrogen and oxygen atoms in total. The summed E-state index contributed by atoms with van der Waals surface area (Å²) in [7, 11) is 0. The molecule has 2 aromatic rings. The van der Waals surface area contributed by atoms with Crippen molar-refractivity contribution >= 4 is 11.8 Å². The largest absolute Gasteiger partial charge is 0.508 e. The Morgan fingerprint density at radius 3 is 2.41 bits per heavy atom. The molecule has 3 heteroatoms. The van der Waals surface area contributed by atoms with Crippen LogP contribution in [0.2, 0.25) is 0 Å². The van der Waals surface area contributed by atoms with Crippen molar-refractivity contribution in [1.82, 2.24) is 0 Å². The van der Waals surface area contributed by atoms with Gasteiger partial charge < -0.3 is 5.11 Å². The quantitative estimate of drug-likeness (QED) is 0.871. The lowest BCUT2D eigenvalue weighted by Gasteiger charge is -2.05. The van der Waals surface area contributed by atoms with Gasteiger partial charge in [0.1, 0.15) is 5.75 Å². The summed E-state index contributed by atoms with van der Waals surface area (Å²) in [4.78, 5) is 2.19. The van der Waals surface area contributed by atoms with Crippen LogP contribution in [0.3, 0.4) is 0 Å². The summed E-state index contributed by atoms with van der Waals surface area (Å²) in [6.45, 7) is 1.99. The van der Waals surface area contributed by atoms with Crippen LogP contribution in [0.5, 0.6) is 5.75 Å². The van der Waals surface area contributed by atoms with Gasteiger partial charge in [-0.1, -0.05) is 11.8 Å². The fraction of sp³-hybridized carbons (Fsp3) is 0.0714. The summed E-state index contributed by atoms with van der Waals surface area (Å²) < 4.78 is 0. The third kappa shape index (κ3) is 2.80. The number of hydrogen-bond acceptors (Lipinski definition) is 3. The Bertz CT molecular complexity index is 570. The minimum atomic E-state index is 0.269. The number of phenols is 1. The summed E-state index contributed by atoms with van der Waals surface area (Å²) in [5, 5.41) is 18.0. The van der Waals surface area contributed by atoms with E-state index in [9.17, 15) is 5.11 Å². The van der Waals surface area contributed by atoms with E-state index >= 15 is 0 Å². The average Bonchev–Trinajstić information content (AvgIpc) is 2.34. The van der Waals surface area contributed by atoms with Crippen LogP contribution in [0.1, 0.15) is 11.1 Å². The Hall–Kier alpha value is -1.92. The molecule has 0 spiro atoms. The van der Waals surface area contributed by atoms with Crippen LogP contribution in [0.15, 0.2) is 52.3 Å². The van der Waals surface area contributed by atoms with E-state index < -0.39 is 0 Å². The van der Waals surface area contributed by atoms with Crippen molar-refractivity contribution in [3.8, 4) is 11.8 Å². The van der Waals surface area contributed by atoms with E-state index in [1.807, 2.05) is 37.3 Å². The molecular formula is C14H11NOS. The van der Waals surface area contributed by atoms with Crippen molar-refractivity contribution < 1.29 is 5.11 Å². The minimum absolute atomic E-state index is 0.269. The van der Waals surface area contributed by atoms with Crippen LogP contribution < -0.4 is 0 Å². The zero-order chi connectivity index (χ0) is 12.3. The van der Waals surface area contributed by atoms with Crippen LogP contribution in [0, 0.1) is 18.3 Å². The van der Waals surface area contributed by atoms with E-state index in [0.29, 0.717) is 5.56 Å². The summed E-state index contributed by atoms with van der Waals surface area (Å²) >= 11 is 1.62. The SMILES string of the molecule is Cc1cc(C#N)ccc1Sc1ccc(O)cc1. The number of benzene rings is 2. The van der Waals surface area contributed by atoms with Gasteiger partial charge in [0.15, 0.2) is 0 Å². The van der Waals surface area contributed by atoms with Gasteiger partial charge >= 0.3 is 0 Å². The molecule has 2 aromatic carbocycles. The van der Waals surface area contributed by atoms with E-state index in [0.717, 1.165) is 15.4 Å². The molecule has 17 heavy (non-hydrogen) atoms. The van der Waals surface area contributed by atoms with Crippen molar-refractivity contribution in [2.75, 3.05) is 0 Å². The first-order chi connectivity index (χ1) is 8.19. The minimum Gasteiger partial charge on any atom is -0.508 e. The van der Waals surface area contributed by atoms with Gasteiger partial charge in [-0.15, -0.1) is 0 Å².